The minimum atomic E-state index is -0.0201. The maximum absolute atomic E-state index is 12.1. The Morgan fingerprint density at radius 3 is 2.85 bits per heavy atom. The molecule has 3 rings (SSSR count). The molecule has 0 aliphatic heterocycles. The van der Waals surface area contributed by atoms with E-state index in [1.165, 1.54) is 16.6 Å². The molecule has 3 aromatic rings. The molecule has 0 unspecified atom stereocenters. The van der Waals surface area contributed by atoms with Crippen molar-refractivity contribution in [3.63, 3.8) is 0 Å². The van der Waals surface area contributed by atoms with Crippen molar-refractivity contribution in [1.82, 2.24) is 20.1 Å². The van der Waals surface area contributed by atoms with E-state index in [0.717, 1.165) is 12.0 Å². The third-order valence-corrected chi connectivity index (χ3v) is 6.26. The van der Waals surface area contributed by atoms with Crippen LogP contribution < -0.4 is 5.32 Å². The first kappa shape index (κ1) is 20.2. The predicted octanol–water partition coefficient (Wildman–Crippen LogP) is 4.78. The van der Waals surface area contributed by atoms with E-state index in [1.807, 2.05) is 29.0 Å². The number of nitrogens with zero attached hydrogens (tertiary/aromatic N) is 3. The fourth-order valence-electron chi connectivity index (χ4n) is 2.51. The molecule has 0 spiro atoms. The molecule has 2 aromatic heterocycles. The first-order chi connectivity index (χ1) is 13.1. The fourth-order valence-corrected chi connectivity index (χ4v) is 4.55. The molecule has 1 N–H and O–H groups in total. The number of nitrogens with one attached hydrogen (secondary N) is 1. The lowest BCUT2D eigenvalue weighted by Crippen LogP contribution is -2.27. The summed E-state index contributed by atoms with van der Waals surface area (Å²) in [5.41, 5.74) is 0.766. The number of hydrogen-bond donors (Lipinski definition) is 1. The molecule has 0 aliphatic rings. The van der Waals surface area contributed by atoms with Crippen molar-refractivity contribution in [2.75, 3.05) is 12.3 Å². The van der Waals surface area contributed by atoms with Crippen LogP contribution in [0.2, 0.25) is 10.0 Å². The number of rotatable bonds is 8. The Kier molecular flexibility index (Phi) is 7.18. The molecule has 0 fully saturated rings. The number of thioether (sulfide) groups is 1. The minimum absolute atomic E-state index is 0.0201. The highest BCUT2D eigenvalue weighted by Crippen LogP contribution is 2.31. The van der Waals surface area contributed by atoms with Gasteiger partial charge in [0.15, 0.2) is 11.0 Å². The van der Waals surface area contributed by atoms with Crippen LogP contribution in [0.15, 0.2) is 40.9 Å². The van der Waals surface area contributed by atoms with E-state index in [9.17, 15) is 4.79 Å². The average molecular weight is 441 g/mol. The number of amides is 1. The van der Waals surface area contributed by atoms with Gasteiger partial charge < -0.3 is 9.88 Å². The number of thiophene rings is 1. The zero-order valence-electron chi connectivity index (χ0n) is 14.6. The Labute approximate surface area is 176 Å². The van der Waals surface area contributed by atoms with Gasteiger partial charge in [0.05, 0.1) is 10.8 Å². The topological polar surface area (TPSA) is 59.8 Å². The number of hydrogen-bond acceptors (Lipinski definition) is 5. The largest absolute Gasteiger partial charge is 0.355 e. The van der Waals surface area contributed by atoms with Crippen molar-refractivity contribution >= 4 is 52.2 Å². The third kappa shape index (κ3) is 5.25. The van der Waals surface area contributed by atoms with Crippen LogP contribution in [0.1, 0.15) is 11.8 Å². The number of carbonyl (C=O) groups is 1. The Bertz CT molecular complexity index is 912. The lowest BCUT2D eigenvalue weighted by atomic mass is 10.2. The van der Waals surface area contributed by atoms with Gasteiger partial charge in [-0.15, -0.1) is 21.5 Å². The van der Waals surface area contributed by atoms with Gasteiger partial charge in [0.25, 0.3) is 0 Å². The van der Waals surface area contributed by atoms with Crippen molar-refractivity contribution in [1.29, 1.82) is 0 Å². The van der Waals surface area contributed by atoms with Gasteiger partial charge in [-0.25, -0.2) is 0 Å². The van der Waals surface area contributed by atoms with Gasteiger partial charge in [-0.1, -0.05) is 41.0 Å². The molecule has 5 nitrogen and oxygen atoms in total. The van der Waals surface area contributed by atoms with Crippen molar-refractivity contribution in [2.24, 2.45) is 0 Å². The Balaban J connectivity index is 1.60. The molecule has 0 saturated heterocycles. The van der Waals surface area contributed by atoms with Crippen LogP contribution in [0.4, 0.5) is 0 Å². The minimum Gasteiger partial charge on any atom is -0.355 e. The second-order valence-electron chi connectivity index (χ2n) is 5.64. The molecule has 27 heavy (non-hydrogen) atoms. The van der Waals surface area contributed by atoms with E-state index in [4.69, 9.17) is 23.2 Å². The van der Waals surface area contributed by atoms with Crippen molar-refractivity contribution < 1.29 is 4.79 Å². The SMILES string of the molecule is CCn1c(SCC(=O)NCCc2cccs2)nnc1-c1ccc(Cl)cc1Cl. The molecule has 1 amide bonds. The highest BCUT2D eigenvalue weighted by molar-refractivity contribution is 7.99. The molecule has 0 bridgehead atoms. The fraction of sp³-hybridized carbons (Fsp3) is 0.278. The first-order valence-corrected chi connectivity index (χ1v) is 11.0. The van der Waals surface area contributed by atoms with Crippen LogP contribution in [-0.4, -0.2) is 33.0 Å². The van der Waals surface area contributed by atoms with Crippen molar-refractivity contribution in [3.05, 3.63) is 50.6 Å². The van der Waals surface area contributed by atoms with Gasteiger partial charge in [-0.05, 0) is 43.0 Å². The third-order valence-electron chi connectivity index (χ3n) is 3.81. The summed E-state index contributed by atoms with van der Waals surface area (Å²) in [6, 6.07) is 9.36. The summed E-state index contributed by atoms with van der Waals surface area (Å²) in [6.07, 6.45) is 0.846. The zero-order valence-corrected chi connectivity index (χ0v) is 17.8. The molecule has 0 aliphatic carbocycles. The average Bonchev–Trinajstić information content (AvgIpc) is 3.29. The zero-order chi connectivity index (χ0) is 19.2. The first-order valence-electron chi connectivity index (χ1n) is 8.39. The number of halogens is 2. The van der Waals surface area contributed by atoms with Gasteiger partial charge in [-0.3, -0.25) is 4.79 Å². The Morgan fingerprint density at radius 1 is 1.30 bits per heavy atom. The van der Waals surface area contributed by atoms with E-state index < -0.39 is 0 Å². The van der Waals surface area contributed by atoms with E-state index in [2.05, 4.69) is 21.6 Å². The normalized spacial score (nSPS) is 10.9. The molecule has 1 aromatic carbocycles. The van der Waals surface area contributed by atoms with E-state index in [1.54, 1.807) is 23.5 Å². The maximum Gasteiger partial charge on any atom is 0.230 e. The molecule has 2 heterocycles. The number of aromatic nitrogens is 3. The Morgan fingerprint density at radius 2 is 2.15 bits per heavy atom. The second-order valence-corrected chi connectivity index (χ2v) is 8.46. The van der Waals surface area contributed by atoms with Crippen LogP contribution in [-0.2, 0) is 17.8 Å². The molecule has 142 valence electrons. The second kappa shape index (κ2) is 9.59. The standard InChI is InChI=1S/C18H18Cl2N4OS2/c1-2-24-17(14-6-5-12(19)10-15(14)20)22-23-18(24)27-11-16(25)21-8-7-13-4-3-9-26-13/h3-6,9-10H,2,7-8,11H2,1H3,(H,21,25). The van der Waals surface area contributed by atoms with E-state index >= 15 is 0 Å². The summed E-state index contributed by atoms with van der Waals surface area (Å²) in [4.78, 5) is 13.4. The van der Waals surface area contributed by atoms with Gasteiger partial charge in [0, 0.05) is 28.6 Å². The monoisotopic (exact) mass is 440 g/mol. The molecule has 9 heteroatoms. The van der Waals surface area contributed by atoms with Gasteiger partial charge in [0.2, 0.25) is 5.91 Å². The molecule has 0 atom stereocenters. The van der Waals surface area contributed by atoms with Crippen LogP contribution in [0.3, 0.4) is 0 Å². The summed E-state index contributed by atoms with van der Waals surface area (Å²) in [5, 5.41) is 15.2. The highest BCUT2D eigenvalue weighted by Gasteiger charge is 2.16. The van der Waals surface area contributed by atoms with Crippen LogP contribution in [0, 0.1) is 0 Å². The van der Waals surface area contributed by atoms with Crippen LogP contribution in [0.25, 0.3) is 11.4 Å². The molecule has 0 radical (unpaired) electrons. The van der Waals surface area contributed by atoms with E-state index in [0.29, 0.717) is 34.1 Å². The smallest absolute Gasteiger partial charge is 0.230 e. The van der Waals surface area contributed by atoms with Gasteiger partial charge in [-0.2, -0.15) is 0 Å². The summed E-state index contributed by atoms with van der Waals surface area (Å²) in [5.74, 6) is 0.935. The number of carbonyl (C=O) groups excluding carboxylic acids is 1. The van der Waals surface area contributed by atoms with Crippen molar-refractivity contribution in [2.45, 2.75) is 25.0 Å². The number of benzene rings is 1. The van der Waals surface area contributed by atoms with E-state index in [-0.39, 0.29) is 11.7 Å². The van der Waals surface area contributed by atoms with Crippen LogP contribution in [0.5, 0.6) is 0 Å². The lowest BCUT2D eigenvalue weighted by molar-refractivity contribution is -0.118. The predicted molar refractivity (Wildman–Crippen MR) is 113 cm³/mol. The molecule has 0 saturated carbocycles. The van der Waals surface area contributed by atoms with Gasteiger partial charge >= 0.3 is 0 Å². The molecular weight excluding hydrogens is 423 g/mol. The van der Waals surface area contributed by atoms with Gasteiger partial charge in [0.1, 0.15) is 0 Å². The Hall–Kier alpha value is -1.54. The highest BCUT2D eigenvalue weighted by atomic mass is 35.5. The summed E-state index contributed by atoms with van der Waals surface area (Å²) in [6.45, 7) is 3.30. The quantitative estimate of drug-likeness (QED) is 0.511. The maximum atomic E-state index is 12.1. The van der Waals surface area contributed by atoms with Crippen molar-refractivity contribution in [3.8, 4) is 11.4 Å². The van der Waals surface area contributed by atoms with Crippen LogP contribution >= 0.6 is 46.3 Å². The summed E-state index contributed by atoms with van der Waals surface area (Å²) in [7, 11) is 0. The summed E-state index contributed by atoms with van der Waals surface area (Å²) < 4.78 is 1.94. The summed E-state index contributed by atoms with van der Waals surface area (Å²) >= 11 is 15.3. The lowest BCUT2D eigenvalue weighted by Gasteiger charge is -2.09. The molecular formula is C18H18Cl2N4OS2.